The highest BCUT2D eigenvalue weighted by Gasteiger charge is 2.38. The maximum atomic E-state index is 14.1. The molecule has 12 atom stereocenters. The molecule has 0 aliphatic heterocycles. The molecule has 0 fully saturated rings. The molecular weight excluding hydrogens is 1070 g/mol. The third-order valence-corrected chi connectivity index (χ3v) is 12.6. The maximum absolute atomic E-state index is 14.1. The number of nitrogens with one attached hydrogen (secondary N) is 9. The van der Waals surface area contributed by atoms with E-state index in [0.717, 1.165) is 6.92 Å². The zero-order valence-corrected chi connectivity index (χ0v) is 46.3. The Hall–Kier alpha value is -6.80. The van der Waals surface area contributed by atoms with Crippen molar-refractivity contribution in [2.24, 2.45) is 35.0 Å². The number of rotatable bonds is 38. The maximum Gasteiger partial charge on any atom is 0.327 e. The van der Waals surface area contributed by atoms with Crippen molar-refractivity contribution < 1.29 is 87.5 Å². The van der Waals surface area contributed by atoms with Gasteiger partial charge >= 0.3 is 17.9 Å². The molecule has 0 saturated heterocycles. The van der Waals surface area contributed by atoms with Gasteiger partial charge in [0.05, 0.1) is 12.1 Å². The first kappa shape index (κ1) is 71.2. The van der Waals surface area contributed by atoms with Crippen LogP contribution >= 0.6 is 25.3 Å². The molecule has 0 aliphatic carbocycles. The van der Waals surface area contributed by atoms with E-state index in [1.807, 2.05) is 0 Å². The normalized spacial score (nSPS) is 15.8. The Kier molecular flexibility index (Phi) is 32.5. The second-order valence-corrected chi connectivity index (χ2v) is 19.8. The Morgan fingerprint density at radius 1 is 0.410 bits per heavy atom. The summed E-state index contributed by atoms with van der Waals surface area (Å²) in [6, 6.07) is -15.7. The van der Waals surface area contributed by atoms with Crippen LogP contribution in [0.5, 0.6) is 0 Å². The minimum Gasteiger partial charge on any atom is -0.481 e. The molecule has 0 aromatic heterocycles. The number of nitrogens with two attached hydrogens (primary N) is 3. The number of hydrogen-bond donors (Lipinski definition) is 18. The van der Waals surface area contributed by atoms with Crippen molar-refractivity contribution in [3.63, 3.8) is 0 Å². The number of aliphatic hydroxyl groups excluding tert-OH is 1. The lowest BCUT2D eigenvalue weighted by Crippen LogP contribution is -2.63. The van der Waals surface area contributed by atoms with Crippen LogP contribution in [0.3, 0.4) is 0 Å². The molecule has 0 rings (SSSR count). The van der Waals surface area contributed by atoms with Gasteiger partial charge in [-0.25, -0.2) is 4.79 Å². The summed E-state index contributed by atoms with van der Waals surface area (Å²) < 4.78 is 0. The predicted molar refractivity (Wildman–Crippen MR) is 282 cm³/mol. The smallest absolute Gasteiger partial charge is 0.327 e. The van der Waals surface area contributed by atoms with Crippen molar-refractivity contribution in [1.29, 1.82) is 0 Å². The second kappa shape index (κ2) is 35.6. The van der Waals surface area contributed by atoms with Gasteiger partial charge in [-0.1, -0.05) is 48.0 Å². The molecule has 0 radical (unpaired) electrons. The molecular formula is C46H78N12O18S2. The molecule has 32 heteroatoms. The van der Waals surface area contributed by atoms with Gasteiger partial charge in [0, 0.05) is 37.2 Å². The fourth-order valence-corrected chi connectivity index (χ4v) is 7.38. The molecule has 11 amide bonds. The van der Waals surface area contributed by atoms with E-state index < -0.39 is 224 Å². The fraction of sp³-hybridized carbons (Fsp3) is 0.696. The Labute approximate surface area is 461 Å². The fourth-order valence-electron chi connectivity index (χ4n) is 6.97. The lowest BCUT2D eigenvalue weighted by Gasteiger charge is -2.31. The van der Waals surface area contributed by atoms with Gasteiger partial charge in [-0.15, -0.1) is 0 Å². The van der Waals surface area contributed by atoms with Crippen LogP contribution in [-0.4, -0.2) is 181 Å². The number of carbonyl (C=O) groups excluding carboxylic acids is 11. The summed E-state index contributed by atoms with van der Waals surface area (Å²) in [5, 5.41) is 59.9. The molecule has 0 heterocycles. The van der Waals surface area contributed by atoms with E-state index in [0.29, 0.717) is 0 Å². The van der Waals surface area contributed by atoms with Gasteiger partial charge in [-0.05, 0) is 50.4 Å². The second-order valence-electron chi connectivity index (χ2n) is 19.0. The van der Waals surface area contributed by atoms with Crippen LogP contribution in [0.25, 0.3) is 0 Å². The van der Waals surface area contributed by atoms with E-state index in [2.05, 4.69) is 73.1 Å². The van der Waals surface area contributed by atoms with Crippen LogP contribution in [0, 0.1) is 17.8 Å². The largest absolute Gasteiger partial charge is 0.481 e. The van der Waals surface area contributed by atoms with Crippen molar-refractivity contribution in [2.45, 2.75) is 173 Å². The molecule has 0 saturated carbocycles. The Morgan fingerprint density at radius 2 is 0.705 bits per heavy atom. The molecule has 0 aromatic rings. The van der Waals surface area contributed by atoms with Crippen LogP contribution in [-0.2, 0) is 67.1 Å². The highest BCUT2D eigenvalue weighted by molar-refractivity contribution is 7.80. The van der Waals surface area contributed by atoms with Crippen LogP contribution in [0.2, 0.25) is 0 Å². The summed E-state index contributed by atoms with van der Waals surface area (Å²) in [4.78, 5) is 181. The highest BCUT2D eigenvalue weighted by Crippen LogP contribution is 2.14. The quantitative estimate of drug-likeness (QED) is 0.0257. The number of carbonyl (C=O) groups is 14. The van der Waals surface area contributed by atoms with Crippen molar-refractivity contribution in [2.75, 3.05) is 11.5 Å². The molecule has 0 aromatic carbocycles. The standard InChI is InChI=1S/C46H78N12O18S2/c1-8-21(6)35(44(73)58-36(22(7)59)45(74)53-24(9-13-29(48)60)38(67)50-26(11-15-31(62)63)39(68)54-28(18-78)46(75)76)57-41(70)25(10-14-30(49)61)51-43(72)34(20(4)5)56-40(69)27(12-16-32(64)65)52-42(71)33(19(2)3)55-37(66)23(47)17-77/h19-28,33-36,59,77-78H,8-18,47H2,1-7H3,(H2,48,60)(H2,49,61)(H,50,67)(H,51,72)(H,52,71)(H,53,74)(H,54,68)(H,55,66)(H,56,69)(H,57,70)(H,58,73)(H,62,63)(H,64,65)(H,75,76)/t21-,22+,23-,24-,25-,26-,27-,28-,33-,34-,35-,36-/m0/s1. The topological polar surface area (TPSA) is 506 Å². The minimum atomic E-state index is -1.93. The minimum absolute atomic E-state index is 0.0634. The zero-order chi connectivity index (χ0) is 60.3. The summed E-state index contributed by atoms with van der Waals surface area (Å²) in [7, 11) is 0. The molecule has 0 bridgehead atoms. The van der Waals surface area contributed by atoms with Gasteiger partial charge in [0.2, 0.25) is 65.0 Å². The number of primary amides is 2. The lowest BCUT2D eigenvalue weighted by molar-refractivity contribution is -0.142. The third kappa shape index (κ3) is 26.0. The summed E-state index contributed by atoms with van der Waals surface area (Å²) in [6.45, 7) is 10.4. The van der Waals surface area contributed by atoms with Crippen molar-refractivity contribution in [3.05, 3.63) is 0 Å². The van der Waals surface area contributed by atoms with Crippen LogP contribution < -0.4 is 65.1 Å². The molecule has 0 spiro atoms. The van der Waals surface area contributed by atoms with Gasteiger partial charge in [-0.3, -0.25) is 62.3 Å². The van der Waals surface area contributed by atoms with Crippen molar-refractivity contribution in [1.82, 2.24) is 47.9 Å². The highest BCUT2D eigenvalue weighted by atomic mass is 32.1. The number of aliphatic hydroxyl groups is 1. The Bertz CT molecular complexity index is 2150. The van der Waals surface area contributed by atoms with Gasteiger partial charge < -0.3 is 85.5 Å². The molecule has 442 valence electrons. The third-order valence-electron chi connectivity index (χ3n) is 11.9. The van der Waals surface area contributed by atoms with Gasteiger partial charge in [0.1, 0.15) is 54.4 Å². The molecule has 19 N–H and O–H groups in total. The summed E-state index contributed by atoms with van der Waals surface area (Å²) >= 11 is 7.84. The molecule has 78 heavy (non-hydrogen) atoms. The molecule has 30 nitrogen and oxygen atoms in total. The van der Waals surface area contributed by atoms with Crippen LogP contribution in [0.15, 0.2) is 0 Å². The first-order valence-corrected chi connectivity index (χ1v) is 26.1. The average Bonchev–Trinajstić information content (AvgIpc) is 3.35. The number of thiol groups is 2. The van der Waals surface area contributed by atoms with Crippen molar-refractivity contribution >= 4 is 108 Å². The van der Waals surface area contributed by atoms with Gasteiger partial charge in [-0.2, -0.15) is 25.3 Å². The zero-order valence-electron chi connectivity index (χ0n) is 44.5. The number of amides is 11. The first-order chi connectivity index (χ1) is 36.2. The first-order valence-electron chi connectivity index (χ1n) is 24.8. The van der Waals surface area contributed by atoms with E-state index in [-0.39, 0.29) is 12.2 Å². The monoisotopic (exact) mass is 1150 g/mol. The lowest BCUT2D eigenvalue weighted by atomic mass is 9.96. The van der Waals surface area contributed by atoms with Crippen molar-refractivity contribution in [3.8, 4) is 0 Å². The SMILES string of the molecule is CC[C@H](C)[C@H](NC(=O)[C@H](CCC(N)=O)NC(=O)[C@@H](NC(=O)[C@H](CCC(=O)O)NC(=O)[C@@H](NC(=O)[C@@H](N)CS)C(C)C)C(C)C)C(=O)N[C@H](C(=O)N[C@@H](CCC(N)=O)C(=O)N[C@@H](CCC(=O)O)C(=O)N[C@@H](CS)C(=O)O)[C@@H](C)O. The molecule has 0 unspecified atom stereocenters. The van der Waals surface area contributed by atoms with E-state index in [4.69, 9.17) is 17.2 Å². The van der Waals surface area contributed by atoms with E-state index in [1.165, 1.54) is 20.8 Å². The average molecular weight is 1150 g/mol. The van der Waals surface area contributed by atoms with E-state index in [1.54, 1.807) is 20.8 Å². The van der Waals surface area contributed by atoms with Gasteiger partial charge in [0.15, 0.2) is 0 Å². The predicted octanol–water partition coefficient (Wildman–Crippen LogP) is -5.38. The number of aliphatic carboxylic acids is 3. The summed E-state index contributed by atoms with van der Waals surface area (Å²) in [5.41, 5.74) is 16.4. The van der Waals surface area contributed by atoms with Crippen LogP contribution in [0.4, 0.5) is 0 Å². The van der Waals surface area contributed by atoms with Gasteiger partial charge in [0.25, 0.3) is 0 Å². The number of carboxylic acids is 3. The van der Waals surface area contributed by atoms with E-state index >= 15 is 0 Å². The van der Waals surface area contributed by atoms with Crippen LogP contribution in [0.1, 0.15) is 106 Å². The Morgan fingerprint density at radius 3 is 1.01 bits per heavy atom. The summed E-state index contributed by atoms with van der Waals surface area (Å²) in [6.07, 6.45) is -6.06. The summed E-state index contributed by atoms with van der Waals surface area (Å²) in [5.74, 6) is -18.2. The van der Waals surface area contributed by atoms with E-state index in [9.17, 15) is 87.5 Å². The number of carboxylic acid groups (broad SMARTS) is 3. The molecule has 0 aliphatic rings. The number of hydrogen-bond acceptors (Lipinski definition) is 18. The Balaban J connectivity index is 6.82.